The van der Waals surface area contributed by atoms with Crippen molar-refractivity contribution in [3.05, 3.63) is 72.1 Å². The first-order valence-corrected chi connectivity index (χ1v) is 12.7. The standard InChI is InChI=1S/C31H37N5.2H2S/c1-30(2,3)27(32)26-17-22-15-20(11-13-23(22)34-26)18-7-9-19(10-8-18)21-12-14-24-25(16-21)36-29(35-24)28(33)31(4,5)6;;/h7-16,27-28H,17,32-33H2,1-6H3,(H,35,36);2*1H2/t27-,28-;;/m1../s1. The fourth-order valence-corrected chi connectivity index (χ4v) is 4.71. The Kier molecular flexibility index (Phi) is 8.59. The van der Waals surface area contributed by atoms with Gasteiger partial charge in [-0.2, -0.15) is 27.0 Å². The number of nitrogens with one attached hydrogen (secondary N) is 1. The van der Waals surface area contributed by atoms with Crippen molar-refractivity contribution in [2.24, 2.45) is 27.3 Å². The summed E-state index contributed by atoms with van der Waals surface area (Å²) in [4.78, 5) is 13.0. The second-order valence-electron chi connectivity index (χ2n) is 12.2. The lowest BCUT2D eigenvalue weighted by molar-refractivity contribution is 0.317. The van der Waals surface area contributed by atoms with Gasteiger partial charge in [0, 0.05) is 18.2 Å². The largest absolute Gasteiger partial charge is 0.341 e. The van der Waals surface area contributed by atoms with E-state index in [2.05, 4.69) is 107 Å². The van der Waals surface area contributed by atoms with Crippen LogP contribution in [0.3, 0.4) is 0 Å². The quantitative estimate of drug-likeness (QED) is 0.253. The maximum absolute atomic E-state index is 6.48. The van der Waals surface area contributed by atoms with Crippen LogP contribution in [-0.2, 0) is 6.42 Å². The minimum Gasteiger partial charge on any atom is -0.341 e. The normalized spacial score (nSPS) is 14.8. The van der Waals surface area contributed by atoms with Crippen molar-refractivity contribution in [3.8, 4) is 22.3 Å². The zero-order valence-electron chi connectivity index (χ0n) is 23.2. The van der Waals surface area contributed by atoms with Gasteiger partial charge in [-0.15, -0.1) is 0 Å². The number of aliphatic imine (C=N–C) groups is 1. The van der Waals surface area contributed by atoms with E-state index in [9.17, 15) is 0 Å². The molecule has 4 aromatic rings. The molecule has 0 aliphatic carbocycles. The van der Waals surface area contributed by atoms with Gasteiger partial charge in [-0.25, -0.2) is 4.98 Å². The molecule has 2 atom stereocenters. The molecule has 0 spiro atoms. The van der Waals surface area contributed by atoms with Crippen molar-refractivity contribution in [2.45, 2.75) is 60.0 Å². The highest BCUT2D eigenvalue weighted by molar-refractivity contribution is 7.59. The number of benzene rings is 3. The highest BCUT2D eigenvalue weighted by atomic mass is 32.1. The van der Waals surface area contributed by atoms with E-state index in [1.165, 1.54) is 22.3 Å². The Balaban J connectivity index is 0.00000200. The number of fused-ring (bicyclic) bond motifs is 2. The van der Waals surface area contributed by atoms with Crippen molar-refractivity contribution in [1.29, 1.82) is 0 Å². The highest BCUT2D eigenvalue weighted by Gasteiger charge is 2.29. The van der Waals surface area contributed by atoms with Crippen LogP contribution in [0, 0.1) is 10.8 Å². The molecule has 0 saturated heterocycles. The maximum atomic E-state index is 6.48. The molecular weight excluding hydrogens is 507 g/mol. The smallest absolute Gasteiger partial charge is 0.124 e. The number of nitrogens with two attached hydrogens (primary N) is 2. The third-order valence-corrected chi connectivity index (χ3v) is 7.29. The van der Waals surface area contributed by atoms with E-state index in [0.717, 1.165) is 40.2 Å². The molecule has 38 heavy (non-hydrogen) atoms. The molecule has 0 unspecified atom stereocenters. The fourth-order valence-electron chi connectivity index (χ4n) is 4.71. The van der Waals surface area contributed by atoms with Crippen molar-refractivity contribution < 1.29 is 0 Å². The van der Waals surface area contributed by atoms with E-state index in [4.69, 9.17) is 21.4 Å². The summed E-state index contributed by atoms with van der Waals surface area (Å²) in [7, 11) is 0. The minimum atomic E-state index is -0.148. The zero-order chi connectivity index (χ0) is 25.8. The van der Waals surface area contributed by atoms with E-state index in [1.807, 2.05) is 0 Å². The van der Waals surface area contributed by atoms with Gasteiger partial charge in [-0.1, -0.05) is 77.9 Å². The Morgan fingerprint density at radius 3 is 1.82 bits per heavy atom. The number of H-pyrrole nitrogens is 1. The van der Waals surface area contributed by atoms with E-state index in [-0.39, 0.29) is 49.9 Å². The van der Waals surface area contributed by atoms with Gasteiger partial charge in [0.1, 0.15) is 5.82 Å². The van der Waals surface area contributed by atoms with Gasteiger partial charge in [0.05, 0.1) is 22.8 Å². The molecule has 2 heterocycles. The molecule has 5 N–H and O–H groups in total. The lowest BCUT2D eigenvalue weighted by Gasteiger charge is -2.27. The molecule has 0 saturated carbocycles. The number of aromatic nitrogens is 2. The monoisotopic (exact) mass is 547 g/mol. The number of rotatable bonds is 4. The topological polar surface area (TPSA) is 93.1 Å². The van der Waals surface area contributed by atoms with Gasteiger partial charge in [0.15, 0.2) is 0 Å². The highest BCUT2D eigenvalue weighted by Crippen LogP contribution is 2.35. The summed E-state index contributed by atoms with van der Waals surface area (Å²) in [6.07, 6.45) is 0.824. The van der Waals surface area contributed by atoms with Crippen molar-refractivity contribution >= 4 is 49.4 Å². The molecule has 5 nitrogen and oxygen atoms in total. The van der Waals surface area contributed by atoms with Gasteiger partial charge in [-0.05, 0) is 62.9 Å². The third-order valence-electron chi connectivity index (χ3n) is 7.29. The lowest BCUT2D eigenvalue weighted by atomic mass is 9.83. The fraction of sp³-hybridized carbons (Fsp3) is 0.355. The van der Waals surface area contributed by atoms with E-state index < -0.39 is 0 Å². The molecular formula is C31H41N5S2. The number of nitrogens with zero attached hydrogens (tertiary/aromatic N) is 2. The van der Waals surface area contributed by atoms with E-state index >= 15 is 0 Å². The first-order valence-electron chi connectivity index (χ1n) is 12.7. The van der Waals surface area contributed by atoms with Crippen LogP contribution >= 0.6 is 27.0 Å². The van der Waals surface area contributed by atoms with E-state index in [1.54, 1.807) is 0 Å². The van der Waals surface area contributed by atoms with Crippen molar-refractivity contribution in [3.63, 3.8) is 0 Å². The predicted molar refractivity (Wildman–Crippen MR) is 172 cm³/mol. The summed E-state index contributed by atoms with van der Waals surface area (Å²) in [6, 6.07) is 21.4. The SMILES string of the molecule is CC(C)(C)[C@H](N)C1=Nc2ccc(-c3ccc(-c4ccc5nc([C@@H](N)C(C)(C)C)[nH]c5c4)cc3)cc2C1.S.S. The average molecular weight is 548 g/mol. The Morgan fingerprint density at radius 2 is 1.24 bits per heavy atom. The molecule has 1 aromatic heterocycles. The zero-order valence-corrected chi connectivity index (χ0v) is 25.2. The van der Waals surface area contributed by atoms with Crippen LogP contribution in [0.5, 0.6) is 0 Å². The Hall–Kier alpha value is -2.58. The molecule has 3 aromatic carbocycles. The number of hydrogen-bond donors (Lipinski definition) is 3. The van der Waals surface area contributed by atoms with Gasteiger partial charge in [0.25, 0.3) is 0 Å². The Morgan fingerprint density at radius 1 is 0.711 bits per heavy atom. The first kappa shape index (κ1) is 30.0. The van der Waals surface area contributed by atoms with Gasteiger partial charge >= 0.3 is 0 Å². The Labute approximate surface area is 240 Å². The minimum absolute atomic E-state index is 0. The summed E-state index contributed by atoms with van der Waals surface area (Å²) in [5.74, 6) is 0.831. The van der Waals surface area contributed by atoms with Crippen LogP contribution in [0.25, 0.3) is 33.3 Å². The predicted octanol–water partition coefficient (Wildman–Crippen LogP) is 7.17. The molecule has 0 fully saturated rings. The van der Waals surface area contributed by atoms with Crippen LogP contribution in [0.2, 0.25) is 0 Å². The summed E-state index contributed by atoms with van der Waals surface area (Å²) < 4.78 is 0. The van der Waals surface area contributed by atoms with Crippen LogP contribution < -0.4 is 11.5 Å². The summed E-state index contributed by atoms with van der Waals surface area (Å²) >= 11 is 0. The molecule has 5 rings (SSSR count). The number of aromatic amines is 1. The molecule has 202 valence electrons. The van der Waals surface area contributed by atoms with Crippen LogP contribution in [0.4, 0.5) is 5.69 Å². The van der Waals surface area contributed by atoms with Crippen LogP contribution in [0.15, 0.2) is 65.7 Å². The average Bonchev–Trinajstić information content (AvgIpc) is 3.45. The summed E-state index contributed by atoms with van der Waals surface area (Å²) in [6.45, 7) is 12.9. The van der Waals surface area contributed by atoms with E-state index in [0.29, 0.717) is 0 Å². The van der Waals surface area contributed by atoms with Crippen LogP contribution in [0.1, 0.15) is 59.0 Å². The van der Waals surface area contributed by atoms with Gasteiger partial charge in [0.2, 0.25) is 0 Å². The second-order valence-corrected chi connectivity index (χ2v) is 12.2. The molecule has 7 heteroatoms. The summed E-state index contributed by atoms with van der Waals surface area (Å²) in [5, 5.41) is 0. The molecule has 0 amide bonds. The van der Waals surface area contributed by atoms with Crippen LogP contribution in [-0.4, -0.2) is 21.7 Å². The lowest BCUT2D eigenvalue weighted by Crippen LogP contribution is -2.42. The third kappa shape index (κ3) is 5.86. The summed E-state index contributed by atoms with van der Waals surface area (Å²) in [5.41, 5.74) is 22.9. The second kappa shape index (κ2) is 10.9. The molecule has 0 radical (unpaired) electrons. The van der Waals surface area contributed by atoms with Gasteiger partial charge < -0.3 is 16.5 Å². The molecule has 1 aliphatic rings. The number of hydrogen-bond acceptors (Lipinski definition) is 4. The van der Waals surface area contributed by atoms with Gasteiger partial charge in [-0.3, -0.25) is 4.99 Å². The maximum Gasteiger partial charge on any atom is 0.124 e. The Bertz CT molecular complexity index is 1460. The van der Waals surface area contributed by atoms with Crippen molar-refractivity contribution in [1.82, 2.24) is 9.97 Å². The number of imidazole rings is 1. The molecule has 1 aliphatic heterocycles. The first-order chi connectivity index (χ1) is 16.9. The van der Waals surface area contributed by atoms with Crippen molar-refractivity contribution in [2.75, 3.05) is 0 Å². The molecule has 0 bridgehead atoms.